The molecule has 3 aromatic rings. The lowest BCUT2D eigenvalue weighted by atomic mass is 9.81. The number of aromatic nitrogens is 1. The van der Waals surface area contributed by atoms with E-state index in [1.54, 1.807) is 20.4 Å². The number of fused-ring (bicyclic) bond motifs is 1. The molecule has 0 amide bonds. The number of rotatable bonds is 12. The van der Waals surface area contributed by atoms with Gasteiger partial charge in [0.05, 0.1) is 31.8 Å². The Bertz CT molecular complexity index is 1170. The number of piperidine rings is 1. The predicted octanol–water partition coefficient (Wildman–Crippen LogP) is 5.27. The van der Waals surface area contributed by atoms with Gasteiger partial charge in [-0.15, -0.1) is 11.8 Å². The number of pyridine rings is 1. The molecule has 198 valence electrons. The SMILES string of the molecule is COc1ccc(SCCCN2CC[C@@H](CC[C@H](O)c3ccnc4ccc(OC)cc34)[C@@H](C(=O)O)C2)cc1. The van der Waals surface area contributed by atoms with Crippen LogP contribution < -0.4 is 9.47 Å². The number of hydrogen-bond acceptors (Lipinski definition) is 7. The number of nitrogens with zero attached hydrogens (tertiary/aromatic N) is 2. The van der Waals surface area contributed by atoms with Crippen molar-refractivity contribution in [1.29, 1.82) is 0 Å². The number of hydrogen-bond donors (Lipinski definition) is 2. The summed E-state index contributed by atoms with van der Waals surface area (Å²) in [4.78, 5) is 20.0. The van der Waals surface area contributed by atoms with Crippen molar-refractivity contribution in [3.63, 3.8) is 0 Å². The molecule has 7 nitrogen and oxygen atoms in total. The van der Waals surface area contributed by atoms with Crippen LogP contribution in [0, 0.1) is 11.8 Å². The van der Waals surface area contributed by atoms with Gasteiger partial charge in [0.1, 0.15) is 11.5 Å². The highest BCUT2D eigenvalue weighted by Crippen LogP contribution is 2.34. The minimum atomic E-state index is -0.740. The van der Waals surface area contributed by atoms with Gasteiger partial charge in [-0.3, -0.25) is 9.78 Å². The summed E-state index contributed by atoms with van der Waals surface area (Å²) >= 11 is 1.81. The second-order valence-corrected chi connectivity index (χ2v) is 10.7. The summed E-state index contributed by atoms with van der Waals surface area (Å²) < 4.78 is 10.5. The van der Waals surface area contributed by atoms with Gasteiger partial charge in [0.15, 0.2) is 0 Å². The molecule has 4 rings (SSSR count). The molecule has 2 heterocycles. The highest BCUT2D eigenvalue weighted by atomic mass is 32.2. The summed E-state index contributed by atoms with van der Waals surface area (Å²) in [5.74, 6) is 1.46. The van der Waals surface area contributed by atoms with Crippen LogP contribution in [0.15, 0.2) is 59.6 Å². The number of methoxy groups -OCH3 is 2. The van der Waals surface area contributed by atoms with E-state index in [1.165, 1.54) is 4.90 Å². The molecule has 0 unspecified atom stereocenters. The number of carbonyl (C=O) groups is 1. The van der Waals surface area contributed by atoms with Crippen molar-refractivity contribution in [3.05, 3.63) is 60.3 Å². The van der Waals surface area contributed by atoms with Gasteiger partial charge < -0.3 is 24.6 Å². The molecule has 37 heavy (non-hydrogen) atoms. The third-order valence-electron chi connectivity index (χ3n) is 7.26. The highest BCUT2D eigenvalue weighted by molar-refractivity contribution is 7.99. The van der Waals surface area contributed by atoms with Crippen molar-refractivity contribution in [1.82, 2.24) is 9.88 Å². The van der Waals surface area contributed by atoms with Gasteiger partial charge in [-0.05, 0) is 105 Å². The van der Waals surface area contributed by atoms with Crippen LogP contribution in [0.5, 0.6) is 11.5 Å². The smallest absolute Gasteiger partial charge is 0.308 e. The zero-order valence-corrected chi connectivity index (χ0v) is 22.3. The fourth-order valence-corrected chi connectivity index (χ4v) is 5.98. The maximum Gasteiger partial charge on any atom is 0.308 e. The number of benzene rings is 2. The second-order valence-electron chi connectivity index (χ2n) is 9.55. The molecule has 2 N–H and O–H groups in total. The standard InChI is InChI=1S/C29H36N2O5S/c1-35-21-5-8-23(9-6-21)37-17-3-15-31-16-13-20(26(19-31)29(33)34)4-11-28(32)24-12-14-30-27-10-7-22(36-2)18-25(24)27/h5-10,12,14,18,20,26,28,32H,3-4,11,13,15-17,19H2,1-2H3,(H,33,34)/t20-,26+,28+/m1/s1. The fraction of sp³-hybridized carbons (Fsp3) is 0.448. The Labute approximate surface area is 222 Å². The molecule has 2 aromatic carbocycles. The third-order valence-corrected chi connectivity index (χ3v) is 8.35. The number of aliphatic hydroxyl groups excluding tert-OH is 1. The second kappa shape index (κ2) is 13.1. The van der Waals surface area contributed by atoms with Crippen LogP contribution in [-0.2, 0) is 4.79 Å². The first kappa shape index (κ1) is 27.2. The van der Waals surface area contributed by atoms with Crippen LogP contribution in [0.25, 0.3) is 10.9 Å². The predicted molar refractivity (Wildman–Crippen MR) is 146 cm³/mol. The summed E-state index contributed by atoms with van der Waals surface area (Å²) in [5.41, 5.74) is 1.61. The Morgan fingerprint density at radius 1 is 1.14 bits per heavy atom. The maximum atomic E-state index is 12.1. The van der Waals surface area contributed by atoms with E-state index in [1.807, 2.05) is 48.2 Å². The number of ether oxygens (including phenoxy) is 2. The Balaban J connectivity index is 1.27. The van der Waals surface area contributed by atoms with E-state index >= 15 is 0 Å². The normalized spacial score (nSPS) is 19.0. The molecule has 1 saturated heterocycles. The zero-order chi connectivity index (χ0) is 26.2. The average molecular weight is 525 g/mol. The first-order chi connectivity index (χ1) is 18.0. The van der Waals surface area contributed by atoms with Crippen molar-refractivity contribution in [2.24, 2.45) is 11.8 Å². The van der Waals surface area contributed by atoms with Crippen molar-refractivity contribution in [2.75, 3.05) is 39.6 Å². The average Bonchev–Trinajstić information content (AvgIpc) is 2.93. The van der Waals surface area contributed by atoms with Gasteiger partial charge in [-0.1, -0.05) is 0 Å². The lowest BCUT2D eigenvalue weighted by Crippen LogP contribution is -2.44. The molecule has 0 bridgehead atoms. The molecule has 0 saturated carbocycles. The summed E-state index contributed by atoms with van der Waals surface area (Å²) in [6.45, 7) is 2.36. The summed E-state index contributed by atoms with van der Waals surface area (Å²) in [7, 11) is 3.28. The third kappa shape index (κ3) is 7.15. The number of carboxylic acid groups (broad SMARTS) is 1. The molecule has 8 heteroatoms. The number of likely N-dealkylation sites (tertiary alicyclic amines) is 1. The molecule has 0 spiro atoms. The monoisotopic (exact) mass is 524 g/mol. The molecule has 1 fully saturated rings. The van der Waals surface area contributed by atoms with Crippen LogP contribution in [0.2, 0.25) is 0 Å². The number of thioether (sulfide) groups is 1. The summed E-state index contributed by atoms with van der Waals surface area (Å²) in [5, 5.41) is 21.8. The minimum absolute atomic E-state index is 0.0553. The van der Waals surface area contributed by atoms with Gasteiger partial charge in [0.2, 0.25) is 0 Å². The van der Waals surface area contributed by atoms with Crippen molar-refractivity contribution >= 4 is 28.6 Å². The summed E-state index contributed by atoms with van der Waals surface area (Å²) in [6, 6.07) is 15.5. The molecule has 0 aliphatic carbocycles. The largest absolute Gasteiger partial charge is 0.497 e. The van der Waals surface area contributed by atoms with E-state index in [2.05, 4.69) is 22.0 Å². The molecular formula is C29H36N2O5S. The zero-order valence-electron chi connectivity index (χ0n) is 21.5. The Hall–Kier alpha value is -2.81. The molecule has 3 atom stereocenters. The van der Waals surface area contributed by atoms with Gasteiger partial charge >= 0.3 is 5.97 Å². The van der Waals surface area contributed by atoms with E-state index in [4.69, 9.17) is 9.47 Å². The van der Waals surface area contributed by atoms with E-state index in [-0.39, 0.29) is 5.92 Å². The molecule has 1 aliphatic rings. The van der Waals surface area contributed by atoms with Crippen LogP contribution in [-0.4, -0.2) is 65.7 Å². The Morgan fingerprint density at radius 2 is 1.89 bits per heavy atom. The van der Waals surface area contributed by atoms with Crippen molar-refractivity contribution in [2.45, 2.75) is 36.7 Å². The first-order valence-electron chi connectivity index (χ1n) is 12.8. The van der Waals surface area contributed by atoms with Crippen molar-refractivity contribution in [3.8, 4) is 11.5 Å². The van der Waals surface area contributed by atoms with Crippen LogP contribution in [0.1, 0.15) is 37.4 Å². The fourth-order valence-electron chi connectivity index (χ4n) is 5.14. The molecule has 1 aliphatic heterocycles. The van der Waals surface area contributed by atoms with Crippen LogP contribution in [0.4, 0.5) is 0 Å². The molecule has 1 aromatic heterocycles. The summed E-state index contributed by atoms with van der Waals surface area (Å²) in [6.07, 6.45) is 4.06. The van der Waals surface area contributed by atoms with Gasteiger partial charge in [-0.25, -0.2) is 0 Å². The van der Waals surface area contributed by atoms with E-state index in [0.29, 0.717) is 19.4 Å². The molecular weight excluding hydrogens is 488 g/mol. The van der Waals surface area contributed by atoms with E-state index < -0.39 is 18.0 Å². The quantitative estimate of drug-likeness (QED) is 0.245. The van der Waals surface area contributed by atoms with Crippen LogP contribution >= 0.6 is 11.8 Å². The maximum absolute atomic E-state index is 12.1. The first-order valence-corrected chi connectivity index (χ1v) is 13.8. The lowest BCUT2D eigenvalue weighted by molar-refractivity contribution is -0.146. The van der Waals surface area contributed by atoms with E-state index in [0.717, 1.165) is 59.6 Å². The lowest BCUT2D eigenvalue weighted by Gasteiger charge is -2.37. The number of carboxylic acids is 1. The van der Waals surface area contributed by atoms with Gasteiger partial charge in [0, 0.05) is 23.0 Å². The topological polar surface area (TPSA) is 92.1 Å². The van der Waals surface area contributed by atoms with Crippen molar-refractivity contribution < 1.29 is 24.5 Å². The van der Waals surface area contributed by atoms with Gasteiger partial charge in [-0.2, -0.15) is 0 Å². The number of aliphatic carboxylic acids is 1. The van der Waals surface area contributed by atoms with Gasteiger partial charge in [0.25, 0.3) is 0 Å². The Kier molecular flexibility index (Phi) is 9.66. The van der Waals surface area contributed by atoms with E-state index in [9.17, 15) is 15.0 Å². The minimum Gasteiger partial charge on any atom is -0.497 e. The highest BCUT2D eigenvalue weighted by Gasteiger charge is 2.34. The number of aliphatic hydroxyl groups is 1. The molecule has 0 radical (unpaired) electrons. The Morgan fingerprint density at radius 3 is 2.62 bits per heavy atom. The van der Waals surface area contributed by atoms with Crippen LogP contribution in [0.3, 0.4) is 0 Å².